The summed E-state index contributed by atoms with van der Waals surface area (Å²) in [6.07, 6.45) is 1.38. The molecule has 2 amide bonds. The van der Waals surface area contributed by atoms with Crippen LogP contribution in [0.4, 0.5) is 4.79 Å². The van der Waals surface area contributed by atoms with Crippen LogP contribution in [-0.4, -0.2) is 78.6 Å². The van der Waals surface area contributed by atoms with Gasteiger partial charge in [-0.15, -0.1) is 6.58 Å². The number of hydrogen-bond donors (Lipinski definition) is 1. The van der Waals surface area contributed by atoms with Gasteiger partial charge >= 0.3 is 6.09 Å². The van der Waals surface area contributed by atoms with Gasteiger partial charge in [0.25, 0.3) is 0 Å². The van der Waals surface area contributed by atoms with Gasteiger partial charge in [-0.05, 0) is 54.4 Å². The van der Waals surface area contributed by atoms with Crippen molar-refractivity contribution in [3.63, 3.8) is 0 Å². The van der Waals surface area contributed by atoms with E-state index in [1.807, 2.05) is 13.8 Å². The second-order valence-electron chi connectivity index (χ2n) is 9.75. The van der Waals surface area contributed by atoms with Crippen molar-refractivity contribution >= 4 is 17.8 Å². The van der Waals surface area contributed by atoms with Crippen LogP contribution in [0.5, 0.6) is 0 Å². The van der Waals surface area contributed by atoms with Crippen LogP contribution >= 0.6 is 0 Å². The SMILES string of the molecule is C=CC(CC)(OC)C(NC(C)=O)C1C(COC(C)OCC)CC(C(C)=O)N1C(=O)OC(C)(C)C. The lowest BCUT2D eigenvalue weighted by molar-refractivity contribution is -0.140. The molecule has 1 aliphatic heterocycles. The molecule has 6 atom stereocenters. The van der Waals surface area contributed by atoms with E-state index in [1.165, 1.54) is 25.9 Å². The van der Waals surface area contributed by atoms with Crippen LogP contribution < -0.4 is 5.32 Å². The molecule has 196 valence electrons. The zero-order valence-corrected chi connectivity index (χ0v) is 22.3. The van der Waals surface area contributed by atoms with E-state index >= 15 is 0 Å². The van der Waals surface area contributed by atoms with Gasteiger partial charge in [-0.3, -0.25) is 14.5 Å². The molecule has 1 N–H and O–H groups in total. The number of nitrogens with one attached hydrogen (secondary N) is 1. The van der Waals surface area contributed by atoms with Gasteiger partial charge in [0.2, 0.25) is 5.91 Å². The molecule has 0 bridgehead atoms. The van der Waals surface area contributed by atoms with Crippen molar-refractivity contribution in [1.82, 2.24) is 10.2 Å². The van der Waals surface area contributed by atoms with Gasteiger partial charge in [0.05, 0.1) is 24.7 Å². The summed E-state index contributed by atoms with van der Waals surface area (Å²) < 4.78 is 23.0. The molecule has 1 rings (SSSR count). The molecular formula is C25H44N2O7. The molecule has 0 aromatic rings. The standard InChI is InChI=1S/C25H44N2O7/c1-11-25(12-2,31-10)22(26-17(5)29)21-19(15-33-18(6)32-13-3)14-20(16(4)28)27(21)23(30)34-24(7,8)9/h11,18-22H,1,12-15H2,2-10H3,(H,26,29). The number of amides is 2. The maximum Gasteiger partial charge on any atom is 0.411 e. The van der Waals surface area contributed by atoms with Gasteiger partial charge in [0, 0.05) is 26.6 Å². The second-order valence-corrected chi connectivity index (χ2v) is 9.75. The zero-order valence-electron chi connectivity index (χ0n) is 22.3. The Balaban J connectivity index is 3.63. The van der Waals surface area contributed by atoms with E-state index in [0.29, 0.717) is 19.4 Å². The summed E-state index contributed by atoms with van der Waals surface area (Å²) in [6.45, 7) is 18.4. The Hall–Kier alpha value is -1.97. The molecule has 0 saturated carbocycles. The molecular weight excluding hydrogens is 440 g/mol. The van der Waals surface area contributed by atoms with E-state index in [-0.39, 0.29) is 24.2 Å². The maximum atomic E-state index is 13.5. The Morgan fingerprint density at radius 2 is 1.79 bits per heavy atom. The first-order valence-electron chi connectivity index (χ1n) is 12.0. The Kier molecular flexibility index (Phi) is 11.2. The molecule has 9 heteroatoms. The molecule has 9 nitrogen and oxygen atoms in total. The lowest BCUT2D eigenvalue weighted by Gasteiger charge is -2.45. The first-order chi connectivity index (χ1) is 15.8. The molecule has 0 spiro atoms. The summed E-state index contributed by atoms with van der Waals surface area (Å²) in [5.74, 6) is -0.766. The molecule has 0 aliphatic carbocycles. The van der Waals surface area contributed by atoms with Crippen molar-refractivity contribution in [3.8, 4) is 0 Å². The predicted molar refractivity (Wildman–Crippen MR) is 129 cm³/mol. The molecule has 34 heavy (non-hydrogen) atoms. The summed E-state index contributed by atoms with van der Waals surface area (Å²) >= 11 is 0. The molecule has 1 saturated heterocycles. The number of Topliss-reactive ketones (excluding diaryl/α,β-unsaturated/α-hetero) is 1. The fraction of sp³-hybridized carbons (Fsp3) is 0.800. The molecule has 6 unspecified atom stereocenters. The highest BCUT2D eigenvalue weighted by atomic mass is 16.7. The first-order valence-corrected chi connectivity index (χ1v) is 12.0. The average Bonchev–Trinajstić information content (AvgIpc) is 3.11. The fourth-order valence-corrected chi connectivity index (χ4v) is 4.60. The van der Waals surface area contributed by atoms with Crippen LogP contribution in [0.3, 0.4) is 0 Å². The number of rotatable bonds is 12. The van der Waals surface area contributed by atoms with Gasteiger partial charge in [-0.1, -0.05) is 13.0 Å². The second kappa shape index (κ2) is 12.7. The fourth-order valence-electron chi connectivity index (χ4n) is 4.60. The minimum absolute atomic E-state index is 0.170. The summed E-state index contributed by atoms with van der Waals surface area (Å²) in [7, 11) is 1.54. The Labute approximate surface area is 204 Å². The van der Waals surface area contributed by atoms with Crippen LogP contribution in [0, 0.1) is 5.92 Å². The van der Waals surface area contributed by atoms with Crippen molar-refractivity contribution in [2.45, 2.75) is 104 Å². The van der Waals surface area contributed by atoms with Crippen molar-refractivity contribution in [1.29, 1.82) is 0 Å². The van der Waals surface area contributed by atoms with E-state index < -0.39 is 41.7 Å². The van der Waals surface area contributed by atoms with Crippen molar-refractivity contribution in [2.24, 2.45) is 5.92 Å². The molecule has 1 heterocycles. The van der Waals surface area contributed by atoms with Gasteiger partial charge < -0.3 is 24.3 Å². The third-order valence-electron chi connectivity index (χ3n) is 6.19. The lowest BCUT2D eigenvalue weighted by atomic mass is 9.81. The zero-order chi connectivity index (χ0) is 26.3. The Morgan fingerprint density at radius 1 is 1.18 bits per heavy atom. The monoisotopic (exact) mass is 484 g/mol. The number of ether oxygens (including phenoxy) is 4. The molecule has 1 aliphatic rings. The maximum absolute atomic E-state index is 13.5. The summed E-state index contributed by atoms with van der Waals surface area (Å²) in [5.41, 5.74) is -1.77. The normalized spacial score (nSPS) is 24.1. The minimum Gasteiger partial charge on any atom is -0.444 e. The smallest absolute Gasteiger partial charge is 0.411 e. The first kappa shape index (κ1) is 30.1. The summed E-state index contributed by atoms with van der Waals surface area (Å²) in [5, 5.41) is 2.98. The van der Waals surface area contributed by atoms with Crippen molar-refractivity contribution < 1.29 is 33.3 Å². The number of hydrogen-bond acceptors (Lipinski definition) is 7. The van der Waals surface area contributed by atoms with E-state index in [4.69, 9.17) is 18.9 Å². The number of ketones is 1. The van der Waals surface area contributed by atoms with Gasteiger partial charge in [-0.2, -0.15) is 0 Å². The highest BCUT2D eigenvalue weighted by molar-refractivity contribution is 5.86. The molecule has 1 fully saturated rings. The van der Waals surface area contributed by atoms with Crippen LogP contribution in [0.15, 0.2) is 12.7 Å². The van der Waals surface area contributed by atoms with Gasteiger partial charge in [-0.25, -0.2) is 4.79 Å². The van der Waals surface area contributed by atoms with Crippen molar-refractivity contribution in [3.05, 3.63) is 12.7 Å². The Bertz CT molecular complexity index is 715. The highest BCUT2D eigenvalue weighted by Crippen LogP contribution is 2.39. The number of nitrogens with zero attached hydrogens (tertiary/aromatic N) is 1. The summed E-state index contributed by atoms with van der Waals surface area (Å²) in [4.78, 5) is 40.0. The quantitative estimate of drug-likeness (QED) is 0.334. The number of carbonyl (C=O) groups excluding carboxylic acids is 3. The molecule has 0 aromatic heterocycles. The van der Waals surface area contributed by atoms with Crippen LogP contribution in [0.1, 0.15) is 68.2 Å². The topological polar surface area (TPSA) is 103 Å². The third kappa shape index (κ3) is 7.52. The largest absolute Gasteiger partial charge is 0.444 e. The number of likely N-dealkylation sites (tertiary alicyclic amines) is 1. The van der Waals surface area contributed by atoms with E-state index in [0.717, 1.165) is 0 Å². The van der Waals surface area contributed by atoms with Crippen LogP contribution in [0.2, 0.25) is 0 Å². The van der Waals surface area contributed by atoms with Crippen LogP contribution in [-0.2, 0) is 28.5 Å². The van der Waals surface area contributed by atoms with E-state index in [1.54, 1.807) is 33.8 Å². The molecule has 0 radical (unpaired) electrons. The minimum atomic E-state index is -0.994. The van der Waals surface area contributed by atoms with Crippen LogP contribution in [0.25, 0.3) is 0 Å². The highest BCUT2D eigenvalue weighted by Gasteiger charge is 2.55. The number of methoxy groups -OCH3 is 1. The van der Waals surface area contributed by atoms with E-state index in [2.05, 4.69) is 11.9 Å². The predicted octanol–water partition coefficient (Wildman–Crippen LogP) is 3.45. The Morgan fingerprint density at radius 3 is 2.21 bits per heavy atom. The number of carbonyl (C=O) groups is 3. The molecule has 0 aromatic carbocycles. The van der Waals surface area contributed by atoms with Gasteiger partial charge in [0.15, 0.2) is 12.1 Å². The lowest BCUT2D eigenvalue weighted by Crippen LogP contribution is -2.65. The van der Waals surface area contributed by atoms with Crippen molar-refractivity contribution in [2.75, 3.05) is 20.3 Å². The van der Waals surface area contributed by atoms with E-state index in [9.17, 15) is 14.4 Å². The third-order valence-corrected chi connectivity index (χ3v) is 6.19. The summed E-state index contributed by atoms with van der Waals surface area (Å²) in [6, 6.07) is -2.09. The average molecular weight is 485 g/mol. The van der Waals surface area contributed by atoms with Gasteiger partial charge in [0.1, 0.15) is 11.2 Å².